The maximum absolute atomic E-state index is 12.4. The van der Waals surface area contributed by atoms with Gasteiger partial charge in [0.2, 0.25) is 5.91 Å². The number of unbranched alkanes of at least 4 members (excludes halogenated alkanes) is 32. The molecule has 0 aliphatic rings. The third-order valence-corrected chi connectivity index (χ3v) is 11.2. The van der Waals surface area contributed by atoms with E-state index in [0.717, 1.165) is 57.8 Å². The van der Waals surface area contributed by atoms with Crippen molar-refractivity contribution >= 4 is 11.9 Å². The first-order valence-electron chi connectivity index (χ1n) is 24.6. The Morgan fingerprint density at radius 2 is 0.839 bits per heavy atom. The SMILES string of the molecule is CCCCCCCCCC/C=C/C(O)C(CO)NC(=O)CCCCCCC/C=C\CCCCCCCCCCCOC(=O)CCCCCCCCCCCCC. The third-order valence-electron chi connectivity index (χ3n) is 11.2. The Labute approximate surface area is 348 Å². The van der Waals surface area contributed by atoms with Gasteiger partial charge in [0.15, 0.2) is 0 Å². The Morgan fingerprint density at radius 1 is 0.482 bits per heavy atom. The van der Waals surface area contributed by atoms with Crippen molar-refractivity contribution < 1.29 is 24.5 Å². The number of amides is 1. The van der Waals surface area contributed by atoms with Gasteiger partial charge in [0.1, 0.15) is 0 Å². The van der Waals surface area contributed by atoms with Crippen molar-refractivity contribution in [1.82, 2.24) is 5.32 Å². The lowest BCUT2D eigenvalue weighted by Crippen LogP contribution is -2.45. The molecule has 0 spiro atoms. The molecule has 0 aromatic rings. The zero-order valence-electron chi connectivity index (χ0n) is 37.4. The number of carbonyl (C=O) groups excluding carboxylic acids is 2. The molecule has 2 unspecified atom stereocenters. The summed E-state index contributed by atoms with van der Waals surface area (Å²) in [5.41, 5.74) is 0. The molecule has 0 aliphatic heterocycles. The van der Waals surface area contributed by atoms with Crippen LogP contribution in [0.3, 0.4) is 0 Å². The Balaban J connectivity index is 3.47. The Kier molecular flexibility index (Phi) is 44.7. The lowest BCUT2D eigenvalue weighted by molar-refractivity contribution is -0.143. The fourth-order valence-electron chi connectivity index (χ4n) is 7.39. The fourth-order valence-corrected chi connectivity index (χ4v) is 7.39. The van der Waals surface area contributed by atoms with E-state index >= 15 is 0 Å². The number of aliphatic hydroxyl groups is 2. The highest BCUT2D eigenvalue weighted by Gasteiger charge is 2.18. The first kappa shape index (κ1) is 54.3. The highest BCUT2D eigenvalue weighted by molar-refractivity contribution is 5.76. The van der Waals surface area contributed by atoms with Gasteiger partial charge in [-0.05, 0) is 57.8 Å². The molecule has 0 saturated heterocycles. The van der Waals surface area contributed by atoms with Crippen LogP contribution in [0, 0.1) is 0 Å². The van der Waals surface area contributed by atoms with E-state index in [1.807, 2.05) is 6.08 Å². The average molecular weight is 790 g/mol. The number of nitrogens with one attached hydrogen (secondary N) is 1. The lowest BCUT2D eigenvalue weighted by atomic mass is 10.1. The highest BCUT2D eigenvalue weighted by atomic mass is 16.5. The minimum atomic E-state index is -0.850. The van der Waals surface area contributed by atoms with Crippen LogP contribution in [0.5, 0.6) is 0 Å². The van der Waals surface area contributed by atoms with Gasteiger partial charge in [-0.3, -0.25) is 9.59 Å². The summed E-state index contributed by atoms with van der Waals surface area (Å²) in [7, 11) is 0. The largest absolute Gasteiger partial charge is 0.466 e. The van der Waals surface area contributed by atoms with Crippen molar-refractivity contribution in [2.75, 3.05) is 13.2 Å². The molecule has 6 nitrogen and oxygen atoms in total. The number of aliphatic hydroxyl groups excluding tert-OH is 2. The van der Waals surface area contributed by atoms with Crippen LogP contribution in [0.1, 0.15) is 258 Å². The van der Waals surface area contributed by atoms with Gasteiger partial charge in [0.25, 0.3) is 0 Å². The topological polar surface area (TPSA) is 95.9 Å². The van der Waals surface area contributed by atoms with Crippen molar-refractivity contribution in [2.24, 2.45) is 0 Å². The van der Waals surface area contributed by atoms with E-state index in [4.69, 9.17) is 4.74 Å². The van der Waals surface area contributed by atoms with E-state index in [9.17, 15) is 19.8 Å². The Hall–Kier alpha value is -1.66. The highest BCUT2D eigenvalue weighted by Crippen LogP contribution is 2.15. The second-order valence-electron chi connectivity index (χ2n) is 16.8. The molecule has 3 N–H and O–H groups in total. The van der Waals surface area contributed by atoms with Gasteiger partial charge in [-0.2, -0.15) is 0 Å². The fraction of sp³-hybridized carbons (Fsp3) is 0.880. The van der Waals surface area contributed by atoms with Gasteiger partial charge in [0.05, 0.1) is 25.4 Å². The third kappa shape index (κ3) is 42.0. The summed E-state index contributed by atoms with van der Waals surface area (Å²) >= 11 is 0. The number of allylic oxidation sites excluding steroid dienone is 3. The molecule has 330 valence electrons. The molecular formula is C50H95NO5. The number of esters is 1. The molecule has 0 aliphatic carbocycles. The molecule has 0 aromatic heterocycles. The maximum Gasteiger partial charge on any atom is 0.305 e. The van der Waals surface area contributed by atoms with E-state index < -0.39 is 12.1 Å². The lowest BCUT2D eigenvalue weighted by Gasteiger charge is -2.20. The Morgan fingerprint density at radius 3 is 1.27 bits per heavy atom. The van der Waals surface area contributed by atoms with Gasteiger partial charge in [-0.1, -0.05) is 212 Å². The van der Waals surface area contributed by atoms with Crippen molar-refractivity contribution in [2.45, 2.75) is 270 Å². The van der Waals surface area contributed by atoms with Gasteiger partial charge in [0, 0.05) is 12.8 Å². The van der Waals surface area contributed by atoms with Gasteiger partial charge in [-0.25, -0.2) is 0 Å². The Bertz CT molecular complexity index is 874. The van der Waals surface area contributed by atoms with Crippen LogP contribution < -0.4 is 5.32 Å². The van der Waals surface area contributed by atoms with E-state index in [1.165, 1.54) is 173 Å². The van der Waals surface area contributed by atoms with E-state index in [1.54, 1.807) is 6.08 Å². The predicted molar refractivity (Wildman–Crippen MR) is 241 cm³/mol. The maximum atomic E-state index is 12.4. The van der Waals surface area contributed by atoms with Gasteiger partial charge >= 0.3 is 5.97 Å². The molecule has 6 heteroatoms. The zero-order chi connectivity index (χ0) is 40.8. The van der Waals surface area contributed by atoms with Crippen molar-refractivity contribution in [1.29, 1.82) is 0 Å². The first-order valence-corrected chi connectivity index (χ1v) is 24.6. The number of hydrogen-bond donors (Lipinski definition) is 3. The van der Waals surface area contributed by atoms with Crippen molar-refractivity contribution in [3.8, 4) is 0 Å². The predicted octanol–water partition coefficient (Wildman–Crippen LogP) is 14.3. The summed E-state index contributed by atoms with van der Waals surface area (Å²) in [5.74, 6) is -0.0837. The van der Waals surface area contributed by atoms with Crippen LogP contribution in [-0.2, 0) is 14.3 Å². The summed E-state index contributed by atoms with van der Waals surface area (Å²) in [6.07, 6.45) is 53.2. The van der Waals surface area contributed by atoms with E-state index in [-0.39, 0.29) is 18.5 Å². The number of hydrogen-bond acceptors (Lipinski definition) is 5. The second kappa shape index (κ2) is 46.0. The van der Waals surface area contributed by atoms with Crippen LogP contribution in [0.4, 0.5) is 0 Å². The first-order chi connectivity index (χ1) is 27.5. The van der Waals surface area contributed by atoms with Crippen LogP contribution in [0.2, 0.25) is 0 Å². The monoisotopic (exact) mass is 790 g/mol. The van der Waals surface area contributed by atoms with E-state index in [2.05, 4.69) is 31.3 Å². The number of ether oxygens (including phenoxy) is 1. The van der Waals surface area contributed by atoms with Crippen molar-refractivity contribution in [3.63, 3.8) is 0 Å². The summed E-state index contributed by atoms with van der Waals surface area (Å²) in [6, 6.07) is -0.635. The quantitative estimate of drug-likeness (QED) is 0.0324. The summed E-state index contributed by atoms with van der Waals surface area (Å²) < 4.78 is 5.44. The molecule has 0 bridgehead atoms. The van der Waals surface area contributed by atoms with Gasteiger partial charge in [-0.15, -0.1) is 0 Å². The van der Waals surface area contributed by atoms with Crippen molar-refractivity contribution in [3.05, 3.63) is 24.3 Å². The zero-order valence-corrected chi connectivity index (χ0v) is 37.4. The summed E-state index contributed by atoms with van der Waals surface area (Å²) in [6.45, 7) is 4.85. The van der Waals surface area contributed by atoms with Crippen LogP contribution >= 0.6 is 0 Å². The molecular weight excluding hydrogens is 695 g/mol. The molecule has 0 fully saturated rings. The second-order valence-corrected chi connectivity index (χ2v) is 16.8. The summed E-state index contributed by atoms with van der Waals surface area (Å²) in [5, 5.41) is 22.9. The molecule has 0 radical (unpaired) electrons. The smallest absolute Gasteiger partial charge is 0.305 e. The molecule has 0 heterocycles. The standard InChI is InChI=1S/C50H95NO5/c1-3-5-7-9-11-13-23-28-32-36-40-44-50(55)56-45-41-37-33-29-25-22-20-18-16-15-17-19-21-24-27-31-35-39-43-49(54)51-47(46-52)48(53)42-38-34-30-26-14-12-10-8-6-4-2/h17,19,38,42,47-48,52-53H,3-16,18,20-37,39-41,43-46H2,1-2H3,(H,51,54)/b19-17-,42-38+. The van der Waals surface area contributed by atoms with Crippen LogP contribution in [0.15, 0.2) is 24.3 Å². The molecule has 0 rings (SSSR count). The molecule has 0 saturated carbocycles. The van der Waals surface area contributed by atoms with Gasteiger partial charge < -0.3 is 20.3 Å². The minimum absolute atomic E-state index is 0.00106. The van der Waals surface area contributed by atoms with Crippen LogP contribution in [-0.4, -0.2) is 47.4 Å². The number of carbonyl (C=O) groups is 2. The van der Waals surface area contributed by atoms with E-state index in [0.29, 0.717) is 19.4 Å². The molecule has 0 aromatic carbocycles. The average Bonchev–Trinajstić information content (AvgIpc) is 3.20. The molecule has 1 amide bonds. The summed E-state index contributed by atoms with van der Waals surface area (Å²) in [4.78, 5) is 24.3. The normalized spacial score (nSPS) is 12.9. The van der Waals surface area contributed by atoms with Crippen LogP contribution in [0.25, 0.3) is 0 Å². The molecule has 2 atom stereocenters. The molecule has 56 heavy (non-hydrogen) atoms. The number of rotatable bonds is 45. The minimum Gasteiger partial charge on any atom is -0.466 e.